The first kappa shape index (κ1) is 9.67. The van der Waals surface area contributed by atoms with Gasteiger partial charge in [0.05, 0.1) is 5.69 Å². The van der Waals surface area contributed by atoms with E-state index in [0.717, 1.165) is 11.3 Å². The zero-order valence-electron chi connectivity index (χ0n) is 7.87. The summed E-state index contributed by atoms with van der Waals surface area (Å²) in [6.45, 7) is 0. The van der Waals surface area contributed by atoms with Crippen LogP contribution in [0.5, 0.6) is 0 Å². The molecule has 2 rings (SSSR count). The Bertz CT molecular complexity index is 535. The maximum absolute atomic E-state index is 7.26. The van der Waals surface area contributed by atoms with Crippen molar-refractivity contribution in [3.8, 4) is 11.3 Å². The van der Waals surface area contributed by atoms with Gasteiger partial charge in [-0.15, -0.1) is 0 Å². The molecule has 0 spiro atoms. The minimum Gasteiger partial charge on any atom is -0.384 e. The smallest absolute Gasteiger partial charge is 0.174 e. The van der Waals surface area contributed by atoms with Gasteiger partial charge in [-0.05, 0) is 17.8 Å². The summed E-state index contributed by atoms with van der Waals surface area (Å²) in [7, 11) is 0. The largest absolute Gasteiger partial charge is 0.384 e. The third kappa shape index (κ3) is 1.97. The first-order chi connectivity index (χ1) is 7.16. The second-order valence-electron chi connectivity index (χ2n) is 3.15. The van der Waals surface area contributed by atoms with Crippen LogP contribution in [-0.2, 0) is 0 Å². The average Bonchev–Trinajstić information content (AvgIpc) is 2.65. The molecule has 5 N–H and O–H groups in total. The number of hydrogen-bond acceptors (Lipinski definition) is 2. The summed E-state index contributed by atoms with van der Waals surface area (Å²) in [5.41, 5.74) is 8.01. The van der Waals surface area contributed by atoms with E-state index in [1.54, 1.807) is 0 Å². The van der Waals surface area contributed by atoms with Crippen molar-refractivity contribution in [2.24, 2.45) is 5.73 Å². The zero-order valence-corrected chi connectivity index (χ0v) is 8.69. The van der Waals surface area contributed by atoms with Crippen molar-refractivity contribution in [3.63, 3.8) is 0 Å². The second kappa shape index (κ2) is 3.70. The predicted octanol–water partition coefficient (Wildman–Crippen LogP) is 2.02. The Labute approximate surface area is 91.7 Å². The maximum Gasteiger partial charge on any atom is 0.174 e. The van der Waals surface area contributed by atoms with Crippen LogP contribution in [0.3, 0.4) is 0 Å². The Morgan fingerprint density at radius 1 is 1.27 bits per heavy atom. The third-order valence-electron chi connectivity index (χ3n) is 2.10. The van der Waals surface area contributed by atoms with E-state index < -0.39 is 0 Å². The summed E-state index contributed by atoms with van der Waals surface area (Å²) in [5, 5.41) is 7.26. The van der Waals surface area contributed by atoms with Gasteiger partial charge >= 0.3 is 0 Å². The van der Waals surface area contributed by atoms with Crippen molar-refractivity contribution in [1.29, 1.82) is 5.41 Å². The Morgan fingerprint density at radius 3 is 2.40 bits per heavy atom. The summed E-state index contributed by atoms with van der Waals surface area (Å²) in [4.78, 5) is 5.91. The van der Waals surface area contributed by atoms with Gasteiger partial charge < -0.3 is 15.7 Å². The molecule has 0 fully saturated rings. The molecule has 0 saturated heterocycles. The van der Waals surface area contributed by atoms with Gasteiger partial charge in [0.1, 0.15) is 5.84 Å². The van der Waals surface area contributed by atoms with Crippen molar-refractivity contribution < 1.29 is 0 Å². The lowest BCUT2D eigenvalue weighted by atomic mass is 10.1. The number of aromatic amines is 2. The molecule has 0 radical (unpaired) electrons. The molecule has 1 heterocycles. The van der Waals surface area contributed by atoms with Crippen LogP contribution in [0, 0.1) is 10.2 Å². The van der Waals surface area contributed by atoms with Gasteiger partial charge in [0.25, 0.3) is 0 Å². The lowest BCUT2D eigenvalue weighted by molar-refractivity contribution is 1.27. The van der Waals surface area contributed by atoms with Crippen LogP contribution in [0.2, 0.25) is 0 Å². The van der Waals surface area contributed by atoms with Gasteiger partial charge in [0, 0.05) is 11.8 Å². The van der Waals surface area contributed by atoms with Gasteiger partial charge in [0.2, 0.25) is 0 Å². The van der Waals surface area contributed by atoms with E-state index in [1.807, 2.05) is 30.5 Å². The van der Waals surface area contributed by atoms with Crippen molar-refractivity contribution in [3.05, 3.63) is 40.8 Å². The molecule has 0 unspecified atom stereocenters. The number of benzene rings is 1. The Balaban J connectivity index is 2.39. The molecule has 0 bridgehead atoms. The van der Waals surface area contributed by atoms with Gasteiger partial charge in [-0.1, -0.05) is 24.3 Å². The predicted molar refractivity (Wildman–Crippen MR) is 62.4 cm³/mol. The lowest BCUT2D eigenvalue weighted by Gasteiger charge is -2.00. The number of nitrogen functional groups attached to an aromatic ring is 1. The number of aromatic nitrogens is 2. The number of hydrogen-bond donors (Lipinski definition) is 4. The van der Waals surface area contributed by atoms with Crippen LogP contribution in [0.25, 0.3) is 11.3 Å². The topological polar surface area (TPSA) is 81.4 Å². The quantitative estimate of drug-likeness (QED) is 0.353. The normalized spacial score (nSPS) is 10.1. The molecule has 1 aromatic carbocycles. The molecule has 1 aromatic heterocycles. The Morgan fingerprint density at radius 2 is 1.93 bits per heavy atom. The monoisotopic (exact) mass is 218 g/mol. The summed E-state index contributed by atoms with van der Waals surface area (Å²) >= 11 is 4.93. The number of nitrogens with two attached hydrogens (primary N) is 1. The van der Waals surface area contributed by atoms with Crippen molar-refractivity contribution >= 4 is 18.1 Å². The van der Waals surface area contributed by atoms with Crippen molar-refractivity contribution in [2.75, 3.05) is 0 Å². The van der Waals surface area contributed by atoms with E-state index in [0.29, 0.717) is 10.3 Å². The van der Waals surface area contributed by atoms with Gasteiger partial charge in [-0.2, -0.15) is 0 Å². The number of amidine groups is 1. The fourth-order valence-corrected chi connectivity index (χ4v) is 1.49. The van der Waals surface area contributed by atoms with Crippen LogP contribution >= 0.6 is 12.2 Å². The summed E-state index contributed by atoms with van der Waals surface area (Å²) in [6.07, 6.45) is 1.81. The van der Waals surface area contributed by atoms with Crippen molar-refractivity contribution in [1.82, 2.24) is 9.97 Å². The Hall–Kier alpha value is -1.88. The van der Waals surface area contributed by atoms with Crippen LogP contribution in [0.15, 0.2) is 30.5 Å². The number of nitrogens with one attached hydrogen (secondary N) is 3. The Kier molecular flexibility index (Phi) is 2.39. The molecule has 76 valence electrons. The highest BCUT2D eigenvalue weighted by molar-refractivity contribution is 7.71. The van der Waals surface area contributed by atoms with Gasteiger partial charge in [0.15, 0.2) is 4.77 Å². The van der Waals surface area contributed by atoms with Crippen LogP contribution in [0.1, 0.15) is 5.56 Å². The first-order valence-electron chi connectivity index (χ1n) is 4.39. The SMILES string of the molecule is N=C(N)c1ccc(-c2c[nH]c(=S)[nH]2)cc1. The number of rotatable bonds is 2. The fourth-order valence-electron chi connectivity index (χ4n) is 1.32. The molecule has 0 aliphatic carbocycles. The van der Waals surface area contributed by atoms with Crippen LogP contribution in [0.4, 0.5) is 0 Å². The fraction of sp³-hybridized carbons (Fsp3) is 0. The summed E-state index contributed by atoms with van der Waals surface area (Å²) < 4.78 is 0.598. The van der Waals surface area contributed by atoms with Crippen LogP contribution in [-0.4, -0.2) is 15.8 Å². The molecular weight excluding hydrogens is 208 g/mol. The summed E-state index contributed by atoms with van der Waals surface area (Å²) in [6, 6.07) is 7.40. The molecule has 0 atom stereocenters. The van der Waals surface area contributed by atoms with E-state index in [1.165, 1.54) is 0 Å². The molecule has 15 heavy (non-hydrogen) atoms. The zero-order chi connectivity index (χ0) is 10.8. The molecule has 4 nitrogen and oxygen atoms in total. The highest BCUT2D eigenvalue weighted by Gasteiger charge is 2.00. The second-order valence-corrected chi connectivity index (χ2v) is 3.56. The van der Waals surface area contributed by atoms with E-state index in [4.69, 9.17) is 23.4 Å². The number of H-pyrrole nitrogens is 2. The van der Waals surface area contributed by atoms with Gasteiger partial charge in [-0.3, -0.25) is 5.41 Å². The third-order valence-corrected chi connectivity index (χ3v) is 2.32. The summed E-state index contributed by atoms with van der Waals surface area (Å²) in [5.74, 6) is 0.0727. The van der Waals surface area contributed by atoms with Crippen LogP contribution < -0.4 is 5.73 Å². The van der Waals surface area contributed by atoms with Crippen molar-refractivity contribution in [2.45, 2.75) is 0 Å². The molecule has 2 aromatic rings. The average molecular weight is 218 g/mol. The maximum atomic E-state index is 7.26. The lowest BCUT2D eigenvalue weighted by Crippen LogP contribution is -2.10. The highest BCUT2D eigenvalue weighted by atomic mass is 32.1. The van der Waals surface area contributed by atoms with E-state index >= 15 is 0 Å². The minimum atomic E-state index is 0.0727. The molecule has 5 heteroatoms. The van der Waals surface area contributed by atoms with E-state index in [-0.39, 0.29) is 5.84 Å². The van der Waals surface area contributed by atoms with E-state index in [2.05, 4.69) is 9.97 Å². The molecular formula is C10H10N4S. The standard InChI is InChI=1S/C10H10N4S/c11-9(12)7-3-1-6(2-4-7)8-5-13-10(15)14-8/h1-5H,(H3,11,12)(H2,13,14,15). The first-order valence-corrected chi connectivity index (χ1v) is 4.80. The highest BCUT2D eigenvalue weighted by Crippen LogP contribution is 2.16. The molecule has 0 aliphatic rings. The minimum absolute atomic E-state index is 0.0727. The number of imidazole rings is 1. The van der Waals surface area contributed by atoms with E-state index in [9.17, 15) is 0 Å². The van der Waals surface area contributed by atoms with Gasteiger partial charge in [-0.25, -0.2) is 0 Å². The molecule has 0 aliphatic heterocycles. The molecule has 0 saturated carbocycles. The molecule has 0 amide bonds.